The van der Waals surface area contributed by atoms with Gasteiger partial charge in [-0.3, -0.25) is 4.79 Å². The highest BCUT2D eigenvalue weighted by molar-refractivity contribution is 7.99. The highest BCUT2D eigenvalue weighted by Gasteiger charge is 2.11. The molecule has 0 fully saturated rings. The van der Waals surface area contributed by atoms with Crippen LogP contribution in [0.2, 0.25) is 5.02 Å². The predicted octanol–water partition coefficient (Wildman–Crippen LogP) is 2.41. The molecule has 9 heteroatoms. The normalized spacial score (nSPS) is 11.0. The lowest BCUT2D eigenvalue weighted by Crippen LogP contribution is -2.14. The zero-order chi connectivity index (χ0) is 14.8. The topological polar surface area (TPSA) is 85.3 Å². The summed E-state index contributed by atoms with van der Waals surface area (Å²) in [4.78, 5) is 11.9. The third-order valence-corrected chi connectivity index (χ3v) is 3.72. The van der Waals surface area contributed by atoms with E-state index in [-0.39, 0.29) is 11.7 Å². The first kappa shape index (κ1) is 13.9. The fourth-order valence-corrected chi connectivity index (χ4v) is 2.42. The number of halogens is 1. The molecular formula is C12H10ClN5O2S. The molecule has 0 aliphatic heterocycles. The molecule has 1 N–H and O–H groups in total. The fourth-order valence-electron chi connectivity index (χ4n) is 1.64. The summed E-state index contributed by atoms with van der Waals surface area (Å²) in [5.74, 6) is 0.297. The number of rotatable bonds is 4. The molecule has 0 spiro atoms. The number of benzene rings is 1. The number of carbonyl (C=O) groups is 1. The van der Waals surface area contributed by atoms with Crippen LogP contribution < -0.4 is 5.32 Å². The first-order chi connectivity index (χ1) is 10.1. The van der Waals surface area contributed by atoms with Crippen molar-refractivity contribution in [3.63, 3.8) is 0 Å². The van der Waals surface area contributed by atoms with Gasteiger partial charge >= 0.3 is 5.84 Å². The van der Waals surface area contributed by atoms with Crippen LogP contribution in [0.4, 0.5) is 5.69 Å². The predicted molar refractivity (Wildman–Crippen MR) is 78.6 cm³/mol. The minimum absolute atomic E-state index is 0.167. The Balaban J connectivity index is 1.61. The first-order valence-electron chi connectivity index (χ1n) is 5.97. The van der Waals surface area contributed by atoms with Crippen molar-refractivity contribution in [2.24, 2.45) is 0 Å². The van der Waals surface area contributed by atoms with Crippen LogP contribution in [0.5, 0.6) is 0 Å². The molecule has 1 aromatic carbocycles. The number of nitrogens with one attached hydrogen (secondary N) is 1. The smallest absolute Gasteiger partial charge is 0.345 e. The zero-order valence-corrected chi connectivity index (χ0v) is 12.5. The van der Waals surface area contributed by atoms with Crippen LogP contribution in [0.1, 0.15) is 5.56 Å². The summed E-state index contributed by atoms with van der Waals surface area (Å²) in [5, 5.41) is 15.1. The van der Waals surface area contributed by atoms with Crippen molar-refractivity contribution < 1.29 is 9.21 Å². The second kappa shape index (κ2) is 5.74. The van der Waals surface area contributed by atoms with E-state index in [1.807, 2.05) is 13.0 Å². The van der Waals surface area contributed by atoms with Gasteiger partial charge in [0.15, 0.2) is 0 Å². The number of thioether (sulfide) groups is 1. The molecule has 0 radical (unpaired) electrons. The van der Waals surface area contributed by atoms with Gasteiger partial charge in [0, 0.05) is 10.7 Å². The van der Waals surface area contributed by atoms with Crippen LogP contribution >= 0.6 is 23.4 Å². The number of amides is 1. The SMILES string of the molecule is Cc1ccc(Cl)cc1NC(=O)CSc1nn2cnnc2o1. The van der Waals surface area contributed by atoms with Gasteiger partial charge < -0.3 is 9.73 Å². The van der Waals surface area contributed by atoms with Gasteiger partial charge in [0.2, 0.25) is 5.91 Å². The summed E-state index contributed by atoms with van der Waals surface area (Å²) in [6.07, 6.45) is 1.43. The van der Waals surface area contributed by atoms with Crippen LogP contribution in [0.25, 0.3) is 5.84 Å². The quantitative estimate of drug-likeness (QED) is 0.742. The summed E-state index contributed by atoms with van der Waals surface area (Å²) < 4.78 is 6.70. The average molecular weight is 324 g/mol. The highest BCUT2D eigenvalue weighted by Crippen LogP contribution is 2.21. The monoisotopic (exact) mass is 323 g/mol. The summed E-state index contributed by atoms with van der Waals surface area (Å²) >= 11 is 7.09. The maximum Gasteiger partial charge on any atom is 0.345 e. The van der Waals surface area contributed by atoms with E-state index in [1.165, 1.54) is 22.6 Å². The van der Waals surface area contributed by atoms with Crippen LogP contribution in [0.3, 0.4) is 0 Å². The molecule has 0 saturated heterocycles. The molecule has 0 atom stereocenters. The number of fused-ring (bicyclic) bond motifs is 1. The van der Waals surface area contributed by atoms with Gasteiger partial charge in [0.1, 0.15) is 6.33 Å². The second-order valence-corrected chi connectivity index (χ2v) is 5.59. The first-order valence-corrected chi connectivity index (χ1v) is 7.34. The molecule has 3 aromatic rings. The van der Waals surface area contributed by atoms with Gasteiger partial charge in [-0.15, -0.1) is 10.2 Å². The number of anilines is 1. The van der Waals surface area contributed by atoms with Crippen LogP contribution in [0, 0.1) is 6.92 Å². The summed E-state index contributed by atoms with van der Waals surface area (Å²) in [6.45, 7) is 1.90. The number of nitrogens with zero attached hydrogens (tertiary/aromatic N) is 4. The van der Waals surface area contributed by atoms with Crippen molar-refractivity contribution in [2.45, 2.75) is 12.1 Å². The Labute approximate surface area is 128 Å². The molecule has 1 amide bonds. The van der Waals surface area contributed by atoms with Crippen molar-refractivity contribution in [1.82, 2.24) is 19.8 Å². The molecule has 0 bridgehead atoms. The third-order valence-electron chi connectivity index (χ3n) is 2.67. The van der Waals surface area contributed by atoms with Crippen molar-refractivity contribution in [3.05, 3.63) is 35.1 Å². The molecule has 7 nitrogen and oxygen atoms in total. The van der Waals surface area contributed by atoms with Crippen LogP contribution in [-0.4, -0.2) is 31.5 Å². The number of aryl methyl sites for hydroxylation is 1. The summed E-state index contributed by atoms with van der Waals surface area (Å²) in [7, 11) is 0. The van der Waals surface area contributed by atoms with Crippen molar-refractivity contribution in [3.8, 4) is 0 Å². The number of aromatic nitrogens is 4. The number of carbonyl (C=O) groups excluding carboxylic acids is 1. The Morgan fingerprint density at radius 2 is 2.38 bits per heavy atom. The number of hydrogen-bond acceptors (Lipinski definition) is 6. The standard InChI is InChI=1S/C12H10ClN5O2S/c1-7-2-3-8(13)4-9(7)15-10(19)5-21-12-17-18-6-14-16-11(18)20-12/h2-4,6H,5H2,1H3,(H,15,19). The van der Waals surface area contributed by atoms with Crippen molar-refractivity contribution in [2.75, 3.05) is 11.1 Å². The third kappa shape index (κ3) is 3.17. The van der Waals surface area contributed by atoms with E-state index in [9.17, 15) is 4.79 Å². The molecule has 2 aromatic heterocycles. The Hall–Kier alpha value is -2.06. The maximum atomic E-state index is 11.9. The Morgan fingerprint density at radius 3 is 3.19 bits per heavy atom. The van der Waals surface area contributed by atoms with E-state index in [0.29, 0.717) is 21.8 Å². The van der Waals surface area contributed by atoms with Gasteiger partial charge in [-0.05, 0) is 24.6 Å². The highest BCUT2D eigenvalue weighted by atomic mass is 35.5. The molecule has 3 rings (SSSR count). The van der Waals surface area contributed by atoms with E-state index >= 15 is 0 Å². The van der Waals surface area contributed by atoms with Gasteiger partial charge in [-0.25, -0.2) is 0 Å². The zero-order valence-electron chi connectivity index (χ0n) is 10.9. The molecule has 0 saturated carbocycles. The van der Waals surface area contributed by atoms with E-state index in [4.69, 9.17) is 16.0 Å². The lowest BCUT2D eigenvalue weighted by Gasteiger charge is -2.07. The van der Waals surface area contributed by atoms with E-state index in [2.05, 4.69) is 20.6 Å². The largest absolute Gasteiger partial charge is 0.396 e. The minimum atomic E-state index is -0.167. The average Bonchev–Trinajstić information content (AvgIpc) is 3.01. The second-order valence-electron chi connectivity index (χ2n) is 4.22. The Morgan fingerprint density at radius 1 is 1.52 bits per heavy atom. The van der Waals surface area contributed by atoms with Crippen LogP contribution in [-0.2, 0) is 4.79 Å². The summed E-state index contributed by atoms with van der Waals surface area (Å²) in [5.41, 5.74) is 1.64. The maximum absolute atomic E-state index is 11.9. The van der Waals surface area contributed by atoms with Crippen molar-refractivity contribution >= 4 is 40.8 Å². The molecule has 2 heterocycles. The van der Waals surface area contributed by atoms with Gasteiger partial charge in [-0.2, -0.15) is 4.52 Å². The summed E-state index contributed by atoms with van der Waals surface area (Å²) in [6, 6.07) is 5.34. The molecule has 0 aliphatic carbocycles. The van der Waals surface area contributed by atoms with E-state index < -0.39 is 0 Å². The van der Waals surface area contributed by atoms with Gasteiger partial charge in [-0.1, -0.05) is 34.5 Å². The lowest BCUT2D eigenvalue weighted by atomic mass is 10.2. The molecule has 0 unspecified atom stereocenters. The van der Waals surface area contributed by atoms with Gasteiger partial charge in [0.25, 0.3) is 5.22 Å². The van der Waals surface area contributed by atoms with E-state index in [0.717, 1.165) is 5.56 Å². The van der Waals surface area contributed by atoms with Crippen molar-refractivity contribution in [1.29, 1.82) is 0 Å². The lowest BCUT2D eigenvalue weighted by molar-refractivity contribution is -0.113. The molecular weight excluding hydrogens is 314 g/mol. The molecule has 0 aliphatic rings. The fraction of sp³-hybridized carbons (Fsp3) is 0.167. The molecule has 108 valence electrons. The Bertz CT molecular complexity index is 771. The number of hydrogen-bond donors (Lipinski definition) is 1. The molecule has 21 heavy (non-hydrogen) atoms. The minimum Gasteiger partial charge on any atom is -0.396 e. The van der Waals surface area contributed by atoms with Gasteiger partial charge in [0.05, 0.1) is 5.75 Å². The Kier molecular flexibility index (Phi) is 3.80. The van der Waals surface area contributed by atoms with E-state index in [1.54, 1.807) is 12.1 Å². The van der Waals surface area contributed by atoms with Crippen LogP contribution in [0.15, 0.2) is 34.2 Å².